The third-order valence-corrected chi connectivity index (χ3v) is 2.78. The van der Waals surface area contributed by atoms with Gasteiger partial charge in [0.25, 0.3) is 0 Å². The predicted molar refractivity (Wildman–Crippen MR) is 58.1 cm³/mol. The number of carboxylic acids is 1. The van der Waals surface area contributed by atoms with Crippen LogP contribution < -0.4 is 0 Å². The number of aliphatic hydroxyl groups is 1. The van der Waals surface area contributed by atoms with Gasteiger partial charge >= 0.3 is 12.1 Å². The van der Waals surface area contributed by atoms with E-state index in [1.807, 2.05) is 0 Å². The Hall–Kier alpha value is -1.56. The van der Waals surface area contributed by atoms with Gasteiger partial charge in [0.15, 0.2) is 0 Å². The van der Waals surface area contributed by atoms with E-state index in [0.717, 1.165) is 12.1 Å². The monoisotopic (exact) mass is 262 g/mol. The molecule has 3 nitrogen and oxygen atoms in total. The van der Waals surface area contributed by atoms with Gasteiger partial charge in [0, 0.05) is 5.41 Å². The third kappa shape index (κ3) is 3.22. The van der Waals surface area contributed by atoms with E-state index in [1.165, 1.54) is 19.1 Å². The first-order valence-electron chi connectivity index (χ1n) is 5.19. The van der Waals surface area contributed by atoms with E-state index in [9.17, 15) is 23.1 Å². The second kappa shape index (κ2) is 4.97. The number of aliphatic hydroxyl groups excluding tert-OH is 1. The molecule has 0 radical (unpaired) electrons. The quantitative estimate of drug-likeness (QED) is 0.876. The fraction of sp³-hybridized carbons (Fsp3) is 0.417. The Balaban J connectivity index is 3.19. The van der Waals surface area contributed by atoms with Crippen molar-refractivity contribution in [3.63, 3.8) is 0 Å². The van der Waals surface area contributed by atoms with E-state index in [4.69, 9.17) is 5.11 Å². The van der Waals surface area contributed by atoms with Gasteiger partial charge in [0.05, 0.1) is 18.6 Å². The summed E-state index contributed by atoms with van der Waals surface area (Å²) in [4.78, 5) is 10.7. The average Bonchev–Trinajstić information content (AvgIpc) is 2.27. The fourth-order valence-electron chi connectivity index (χ4n) is 1.65. The molecule has 1 aromatic carbocycles. The van der Waals surface area contributed by atoms with E-state index in [-0.39, 0.29) is 5.56 Å². The topological polar surface area (TPSA) is 57.5 Å². The maximum Gasteiger partial charge on any atom is 0.416 e. The summed E-state index contributed by atoms with van der Waals surface area (Å²) in [6.45, 7) is 0.872. The molecular formula is C12H13F3O3. The number of carboxylic acid groups (broad SMARTS) is 1. The largest absolute Gasteiger partial charge is 0.481 e. The Morgan fingerprint density at radius 2 is 1.83 bits per heavy atom. The Bertz CT molecular complexity index is 442. The third-order valence-electron chi connectivity index (χ3n) is 2.78. The van der Waals surface area contributed by atoms with Crippen molar-refractivity contribution in [2.24, 2.45) is 0 Å². The lowest BCUT2D eigenvalue weighted by atomic mass is 9.79. The molecule has 1 rings (SSSR count). The standard InChI is InChI=1S/C12H13F3O3/c1-11(7-16,6-10(17)18)8-3-2-4-9(5-8)12(13,14)15/h2-5,16H,6-7H2,1H3,(H,17,18). The van der Waals surface area contributed by atoms with Crippen molar-refractivity contribution in [1.29, 1.82) is 0 Å². The van der Waals surface area contributed by atoms with Gasteiger partial charge in [-0.1, -0.05) is 25.1 Å². The first-order valence-corrected chi connectivity index (χ1v) is 5.19. The highest BCUT2D eigenvalue weighted by molar-refractivity contribution is 5.69. The first-order chi connectivity index (χ1) is 8.19. The van der Waals surface area contributed by atoms with Crippen LogP contribution in [0.2, 0.25) is 0 Å². The molecule has 0 spiro atoms. The lowest BCUT2D eigenvalue weighted by Crippen LogP contribution is -2.30. The van der Waals surface area contributed by atoms with Crippen LogP contribution in [0.3, 0.4) is 0 Å². The maximum atomic E-state index is 12.5. The van der Waals surface area contributed by atoms with Gasteiger partial charge in [0.1, 0.15) is 0 Å². The molecule has 0 aliphatic rings. The van der Waals surface area contributed by atoms with Crippen molar-refractivity contribution in [1.82, 2.24) is 0 Å². The summed E-state index contributed by atoms with van der Waals surface area (Å²) in [5.74, 6) is -1.18. The summed E-state index contributed by atoms with van der Waals surface area (Å²) in [6, 6.07) is 4.36. The van der Waals surface area contributed by atoms with Crippen LogP contribution in [0.1, 0.15) is 24.5 Å². The van der Waals surface area contributed by atoms with E-state index in [1.54, 1.807) is 0 Å². The minimum atomic E-state index is -4.49. The summed E-state index contributed by atoms with van der Waals surface area (Å²) >= 11 is 0. The van der Waals surface area contributed by atoms with Crippen LogP contribution in [-0.2, 0) is 16.4 Å². The Morgan fingerprint density at radius 3 is 2.28 bits per heavy atom. The fourth-order valence-corrected chi connectivity index (χ4v) is 1.65. The molecule has 0 saturated heterocycles. The van der Waals surface area contributed by atoms with Gasteiger partial charge in [-0.3, -0.25) is 4.79 Å². The zero-order valence-corrected chi connectivity index (χ0v) is 9.66. The normalized spacial score (nSPS) is 15.2. The van der Waals surface area contributed by atoms with Crippen LogP contribution in [0.5, 0.6) is 0 Å². The SMILES string of the molecule is CC(CO)(CC(=O)O)c1cccc(C(F)(F)F)c1. The zero-order chi connectivity index (χ0) is 14.0. The van der Waals surface area contributed by atoms with Crippen LogP contribution in [0.15, 0.2) is 24.3 Å². The summed E-state index contributed by atoms with van der Waals surface area (Å²) < 4.78 is 37.6. The van der Waals surface area contributed by atoms with Crippen molar-refractivity contribution in [3.8, 4) is 0 Å². The number of carbonyl (C=O) groups is 1. The molecule has 1 unspecified atom stereocenters. The number of halogens is 3. The summed E-state index contributed by atoms with van der Waals surface area (Å²) in [5.41, 5.74) is -1.93. The van der Waals surface area contributed by atoms with Crippen molar-refractivity contribution in [3.05, 3.63) is 35.4 Å². The van der Waals surface area contributed by atoms with Gasteiger partial charge in [-0.15, -0.1) is 0 Å². The minimum absolute atomic E-state index is 0.155. The second-order valence-corrected chi connectivity index (χ2v) is 4.37. The molecule has 0 aliphatic heterocycles. The smallest absolute Gasteiger partial charge is 0.416 e. The molecule has 2 N–H and O–H groups in total. The van der Waals surface area contributed by atoms with Crippen LogP contribution in [-0.4, -0.2) is 22.8 Å². The first kappa shape index (κ1) is 14.5. The maximum absolute atomic E-state index is 12.5. The van der Waals surface area contributed by atoms with Crippen molar-refractivity contribution in [2.45, 2.75) is 24.9 Å². The lowest BCUT2D eigenvalue weighted by Gasteiger charge is -2.26. The number of hydrogen-bond acceptors (Lipinski definition) is 2. The highest BCUT2D eigenvalue weighted by Crippen LogP contribution is 2.34. The van der Waals surface area contributed by atoms with E-state index < -0.39 is 36.2 Å². The molecule has 0 aliphatic carbocycles. The van der Waals surface area contributed by atoms with Crippen molar-refractivity contribution in [2.75, 3.05) is 6.61 Å². The van der Waals surface area contributed by atoms with Gasteiger partial charge in [-0.05, 0) is 11.6 Å². The van der Waals surface area contributed by atoms with E-state index in [0.29, 0.717) is 0 Å². The van der Waals surface area contributed by atoms with E-state index in [2.05, 4.69) is 0 Å². The molecule has 0 heterocycles. The van der Waals surface area contributed by atoms with Crippen LogP contribution in [0.4, 0.5) is 13.2 Å². The average molecular weight is 262 g/mol. The van der Waals surface area contributed by atoms with E-state index >= 15 is 0 Å². The Morgan fingerprint density at radius 1 is 1.28 bits per heavy atom. The summed E-state index contributed by atoms with van der Waals surface area (Å²) in [5, 5.41) is 18.0. The molecule has 0 aromatic heterocycles. The predicted octanol–water partition coefficient (Wildman–Crippen LogP) is 2.43. The number of hydrogen-bond donors (Lipinski definition) is 2. The molecule has 18 heavy (non-hydrogen) atoms. The summed E-state index contributed by atoms with van der Waals surface area (Å²) in [7, 11) is 0. The van der Waals surface area contributed by atoms with Gasteiger partial charge in [-0.25, -0.2) is 0 Å². The Labute approximate surface area is 102 Å². The summed E-state index contributed by atoms with van der Waals surface area (Å²) in [6.07, 6.45) is -4.93. The molecule has 0 saturated carbocycles. The molecule has 0 bridgehead atoms. The number of aliphatic carboxylic acids is 1. The molecule has 0 amide bonds. The number of alkyl halides is 3. The van der Waals surface area contributed by atoms with Crippen LogP contribution in [0, 0.1) is 0 Å². The molecule has 1 aromatic rings. The van der Waals surface area contributed by atoms with Crippen molar-refractivity contribution >= 4 is 5.97 Å². The van der Waals surface area contributed by atoms with Crippen LogP contribution >= 0.6 is 0 Å². The van der Waals surface area contributed by atoms with Gasteiger partial charge < -0.3 is 10.2 Å². The van der Waals surface area contributed by atoms with Gasteiger partial charge in [0.2, 0.25) is 0 Å². The molecule has 100 valence electrons. The highest BCUT2D eigenvalue weighted by Gasteiger charge is 2.34. The highest BCUT2D eigenvalue weighted by atomic mass is 19.4. The molecule has 1 atom stereocenters. The van der Waals surface area contributed by atoms with Gasteiger partial charge in [-0.2, -0.15) is 13.2 Å². The second-order valence-electron chi connectivity index (χ2n) is 4.37. The number of rotatable bonds is 4. The zero-order valence-electron chi connectivity index (χ0n) is 9.66. The lowest BCUT2D eigenvalue weighted by molar-refractivity contribution is -0.138. The minimum Gasteiger partial charge on any atom is -0.481 e. The molecule has 6 heteroatoms. The Kier molecular flexibility index (Phi) is 4.01. The number of benzene rings is 1. The van der Waals surface area contributed by atoms with Crippen LogP contribution in [0.25, 0.3) is 0 Å². The molecular weight excluding hydrogens is 249 g/mol. The van der Waals surface area contributed by atoms with Crippen molar-refractivity contribution < 1.29 is 28.2 Å². The molecule has 0 fully saturated rings.